The van der Waals surface area contributed by atoms with Crippen molar-refractivity contribution in [1.29, 1.82) is 0 Å². The third-order valence-corrected chi connectivity index (χ3v) is 3.27. The maximum Gasteiger partial charge on any atom is 0.186 e. The molecule has 0 aliphatic carbocycles. The molecule has 0 bridgehead atoms. The molecule has 0 aliphatic rings. The van der Waals surface area contributed by atoms with Gasteiger partial charge in [0.2, 0.25) is 0 Å². The highest BCUT2D eigenvalue weighted by Gasteiger charge is 2.14. The summed E-state index contributed by atoms with van der Waals surface area (Å²) in [5.41, 5.74) is -0.246. The van der Waals surface area contributed by atoms with Crippen LogP contribution in [0, 0.1) is 11.6 Å². The van der Waals surface area contributed by atoms with Crippen molar-refractivity contribution in [2.24, 2.45) is 7.05 Å². The van der Waals surface area contributed by atoms with Crippen molar-refractivity contribution < 1.29 is 13.6 Å². The van der Waals surface area contributed by atoms with Crippen LogP contribution >= 0.6 is 11.8 Å². The fourth-order valence-electron chi connectivity index (χ4n) is 1.34. The molecule has 18 heavy (non-hydrogen) atoms. The number of aryl methyl sites for hydroxylation is 1. The highest BCUT2D eigenvalue weighted by atomic mass is 32.2. The van der Waals surface area contributed by atoms with Gasteiger partial charge in [-0.2, -0.15) is 5.10 Å². The molecule has 0 radical (unpaired) electrons. The summed E-state index contributed by atoms with van der Waals surface area (Å²) < 4.78 is 27.8. The molecule has 0 saturated heterocycles. The SMILES string of the molecule is Cn1ncnc1SCC(=O)c1cc(F)ccc1F. The Morgan fingerprint density at radius 3 is 2.89 bits per heavy atom. The Kier molecular flexibility index (Phi) is 3.71. The van der Waals surface area contributed by atoms with Crippen molar-refractivity contribution in [2.45, 2.75) is 5.16 Å². The van der Waals surface area contributed by atoms with Gasteiger partial charge in [-0.25, -0.2) is 18.4 Å². The monoisotopic (exact) mass is 269 g/mol. The molecular formula is C11H9F2N3OS. The minimum Gasteiger partial charge on any atom is -0.293 e. The summed E-state index contributed by atoms with van der Waals surface area (Å²) in [6.45, 7) is 0. The first-order valence-corrected chi connectivity index (χ1v) is 6.01. The van der Waals surface area contributed by atoms with Gasteiger partial charge in [-0.3, -0.25) is 4.79 Å². The standard InChI is InChI=1S/C11H9F2N3OS/c1-16-11(14-6-15-16)18-5-10(17)8-4-7(12)2-3-9(8)13/h2-4,6H,5H2,1H3. The predicted octanol–water partition coefficient (Wildman–Crippen LogP) is 2.07. The van der Waals surface area contributed by atoms with Crippen LogP contribution in [0.1, 0.15) is 10.4 Å². The number of carbonyl (C=O) groups is 1. The lowest BCUT2D eigenvalue weighted by Crippen LogP contribution is -2.07. The number of carbonyl (C=O) groups excluding carboxylic acids is 1. The van der Waals surface area contributed by atoms with Gasteiger partial charge in [0.1, 0.15) is 18.0 Å². The van der Waals surface area contributed by atoms with Crippen molar-refractivity contribution in [2.75, 3.05) is 5.75 Å². The molecule has 0 amide bonds. The van der Waals surface area contributed by atoms with Gasteiger partial charge in [0.15, 0.2) is 10.9 Å². The van der Waals surface area contributed by atoms with E-state index >= 15 is 0 Å². The number of ketones is 1. The van der Waals surface area contributed by atoms with Gasteiger partial charge in [0.25, 0.3) is 0 Å². The van der Waals surface area contributed by atoms with Crippen molar-refractivity contribution in [3.8, 4) is 0 Å². The number of benzene rings is 1. The van der Waals surface area contributed by atoms with Crippen LogP contribution in [0.2, 0.25) is 0 Å². The fourth-order valence-corrected chi connectivity index (χ4v) is 2.11. The van der Waals surface area contributed by atoms with Crippen LogP contribution in [0.25, 0.3) is 0 Å². The zero-order valence-corrected chi connectivity index (χ0v) is 10.2. The quantitative estimate of drug-likeness (QED) is 0.629. The van der Waals surface area contributed by atoms with Crippen LogP contribution in [0.5, 0.6) is 0 Å². The molecule has 1 aromatic heterocycles. The predicted molar refractivity (Wildman–Crippen MR) is 62.4 cm³/mol. The Hall–Kier alpha value is -1.76. The molecule has 0 N–H and O–H groups in total. The molecule has 0 atom stereocenters. The third-order valence-electron chi connectivity index (χ3n) is 2.23. The van der Waals surface area contributed by atoms with E-state index in [-0.39, 0.29) is 11.3 Å². The first kappa shape index (κ1) is 12.7. The molecule has 0 aliphatic heterocycles. The van der Waals surface area contributed by atoms with Crippen molar-refractivity contribution in [3.05, 3.63) is 41.7 Å². The van der Waals surface area contributed by atoms with E-state index in [1.54, 1.807) is 7.05 Å². The summed E-state index contributed by atoms with van der Waals surface area (Å²) in [6.07, 6.45) is 1.36. The van der Waals surface area contributed by atoms with E-state index in [1.165, 1.54) is 11.0 Å². The molecule has 0 spiro atoms. The van der Waals surface area contributed by atoms with E-state index in [0.717, 1.165) is 30.0 Å². The summed E-state index contributed by atoms with van der Waals surface area (Å²) in [6, 6.07) is 2.81. The number of hydrogen-bond acceptors (Lipinski definition) is 4. The van der Waals surface area contributed by atoms with Crippen LogP contribution < -0.4 is 0 Å². The van der Waals surface area contributed by atoms with E-state index in [9.17, 15) is 13.6 Å². The van der Waals surface area contributed by atoms with Crippen LogP contribution in [-0.2, 0) is 7.05 Å². The lowest BCUT2D eigenvalue weighted by Gasteiger charge is -2.02. The smallest absolute Gasteiger partial charge is 0.186 e. The minimum atomic E-state index is -0.722. The average molecular weight is 269 g/mol. The van der Waals surface area contributed by atoms with Crippen LogP contribution in [0.15, 0.2) is 29.7 Å². The molecular weight excluding hydrogens is 260 g/mol. The van der Waals surface area contributed by atoms with Gasteiger partial charge < -0.3 is 0 Å². The van der Waals surface area contributed by atoms with E-state index in [0.29, 0.717) is 5.16 Å². The van der Waals surface area contributed by atoms with Gasteiger partial charge in [-0.05, 0) is 18.2 Å². The average Bonchev–Trinajstić information content (AvgIpc) is 2.75. The van der Waals surface area contributed by atoms with Crippen LogP contribution in [0.4, 0.5) is 8.78 Å². The second-order valence-corrected chi connectivity index (χ2v) is 4.44. The summed E-state index contributed by atoms with van der Waals surface area (Å²) in [7, 11) is 1.68. The third kappa shape index (κ3) is 2.73. The number of halogens is 2. The van der Waals surface area contributed by atoms with E-state index < -0.39 is 17.4 Å². The Bertz CT molecular complexity index is 585. The van der Waals surface area contributed by atoms with Crippen LogP contribution in [0.3, 0.4) is 0 Å². The molecule has 2 rings (SSSR count). The van der Waals surface area contributed by atoms with E-state index in [1.807, 2.05) is 0 Å². The first-order chi connectivity index (χ1) is 8.58. The Balaban J connectivity index is 2.08. The number of rotatable bonds is 4. The van der Waals surface area contributed by atoms with Gasteiger partial charge >= 0.3 is 0 Å². The molecule has 0 fully saturated rings. The Labute approximate surface area is 106 Å². The van der Waals surface area contributed by atoms with Gasteiger partial charge in [-0.1, -0.05) is 11.8 Å². The summed E-state index contributed by atoms with van der Waals surface area (Å²) >= 11 is 1.12. The second kappa shape index (κ2) is 5.26. The number of nitrogens with zero attached hydrogens (tertiary/aromatic N) is 3. The molecule has 2 aromatic rings. The molecule has 0 saturated carbocycles. The zero-order chi connectivity index (χ0) is 13.1. The normalized spacial score (nSPS) is 10.6. The topological polar surface area (TPSA) is 47.8 Å². The van der Waals surface area contributed by atoms with E-state index in [2.05, 4.69) is 10.1 Å². The summed E-state index contributed by atoms with van der Waals surface area (Å²) in [5, 5.41) is 4.38. The number of hydrogen-bond donors (Lipinski definition) is 0. The summed E-state index contributed by atoms with van der Waals surface area (Å²) in [4.78, 5) is 15.7. The first-order valence-electron chi connectivity index (χ1n) is 5.03. The van der Waals surface area contributed by atoms with Gasteiger partial charge in [0, 0.05) is 7.05 Å². The number of Topliss-reactive ketones (excluding diaryl/α,β-unsaturated/α-hetero) is 1. The maximum absolute atomic E-state index is 13.3. The van der Waals surface area contributed by atoms with Crippen molar-refractivity contribution in [1.82, 2.24) is 14.8 Å². The van der Waals surface area contributed by atoms with Crippen LogP contribution in [-0.4, -0.2) is 26.3 Å². The van der Waals surface area contributed by atoms with E-state index in [4.69, 9.17) is 0 Å². The molecule has 0 unspecified atom stereocenters. The summed E-state index contributed by atoms with van der Waals surface area (Å²) in [5.74, 6) is -1.87. The second-order valence-electron chi connectivity index (χ2n) is 3.50. The highest BCUT2D eigenvalue weighted by Crippen LogP contribution is 2.17. The highest BCUT2D eigenvalue weighted by molar-refractivity contribution is 7.99. The lowest BCUT2D eigenvalue weighted by molar-refractivity contribution is 0.101. The zero-order valence-electron chi connectivity index (χ0n) is 9.43. The van der Waals surface area contributed by atoms with Crippen molar-refractivity contribution >= 4 is 17.5 Å². The largest absolute Gasteiger partial charge is 0.293 e. The molecule has 1 heterocycles. The van der Waals surface area contributed by atoms with Gasteiger partial charge in [-0.15, -0.1) is 0 Å². The molecule has 4 nitrogen and oxygen atoms in total. The van der Waals surface area contributed by atoms with Gasteiger partial charge in [0.05, 0.1) is 11.3 Å². The van der Waals surface area contributed by atoms with Crippen molar-refractivity contribution in [3.63, 3.8) is 0 Å². The molecule has 94 valence electrons. The molecule has 1 aromatic carbocycles. The maximum atomic E-state index is 13.3. The number of thioether (sulfide) groups is 1. The fraction of sp³-hybridized carbons (Fsp3) is 0.182. The minimum absolute atomic E-state index is 0.0209. The lowest BCUT2D eigenvalue weighted by atomic mass is 10.1. The Morgan fingerprint density at radius 1 is 1.44 bits per heavy atom. The number of aromatic nitrogens is 3. The molecule has 7 heteroatoms. The Morgan fingerprint density at radius 2 is 2.22 bits per heavy atom.